The van der Waals surface area contributed by atoms with Crippen LogP contribution in [0, 0.1) is 29.1 Å². The Morgan fingerprint density at radius 2 is 1.07 bits per heavy atom. The Hall–Kier alpha value is -6.18. The summed E-state index contributed by atoms with van der Waals surface area (Å²) >= 11 is 0. The highest BCUT2D eigenvalue weighted by atomic mass is 15.0. The van der Waals surface area contributed by atoms with Crippen molar-refractivity contribution in [2.24, 2.45) is 17.8 Å². The van der Waals surface area contributed by atoms with Gasteiger partial charge in [0.05, 0.1) is 17.0 Å². The van der Waals surface area contributed by atoms with Gasteiger partial charge >= 0.3 is 0 Å². The predicted octanol–water partition coefficient (Wildman–Crippen LogP) is 12.2. The average Bonchev–Trinajstić information content (AvgIpc) is 3.54. The number of benzene rings is 6. The van der Waals surface area contributed by atoms with Crippen molar-refractivity contribution in [3.63, 3.8) is 0 Å². The van der Waals surface area contributed by atoms with Crippen molar-refractivity contribution in [3.8, 4) is 51.4 Å². The summed E-state index contributed by atoms with van der Waals surface area (Å²) in [6.07, 6.45) is 6.63. The fraction of sp³-hybridized carbons (Fsp3) is 0.231. The van der Waals surface area contributed by atoms with E-state index < -0.39 is 5.41 Å². The van der Waals surface area contributed by atoms with Crippen molar-refractivity contribution in [2.75, 3.05) is 0 Å². The molecule has 7 aromatic rings. The first kappa shape index (κ1) is 34.3. The second-order valence-corrected chi connectivity index (χ2v) is 16.8. The zero-order valence-electron chi connectivity index (χ0n) is 32.0. The molecule has 3 unspecified atom stereocenters. The first-order chi connectivity index (χ1) is 27.4. The molecule has 2 saturated carbocycles. The molecule has 0 saturated heterocycles. The van der Waals surface area contributed by atoms with Crippen LogP contribution in [-0.2, 0) is 10.8 Å². The molecule has 0 aliphatic heterocycles. The van der Waals surface area contributed by atoms with Crippen LogP contribution in [0.3, 0.4) is 0 Å². The molecule has 3 aliphatic carbocycles. The van der Waals surface area contributed by atoms with E-state index in [4.69, 9.17) is 15.0 Å². The summed E-state index contributed by atoms with van der Waals surface area (Å²) in [4.78, 5) is 15.6. The quantitative estimate of drug-likeness (QED) is 0.171. The zero-order chi connectivity index (χ0) is 37.9. The summed E-state index contributed by atoms with van der Waals surface area (Å²) < 4.78 is 0. The van der Waals surface area contributed by atoms with Gasteiger partial charge in [0.2, 0.25) is 0 Å². The minimum Gasteiger partial charge on any atom is -0.208 e. The minimum absolute atomic E-state index is 0.164. The number of aromatic nitrogens is 3. The van der Waals surface area contributed by atoms with Gasteiger partial charge in [-0.15, -0.1) is 0 Å². The van der Waals surface area contributed by atoms with E-state index in [1.54, 1.807) is 0 Å². The molecule has 4 nitrogen and oxygen atoms in total. The summed E-state index contributed by atoms with van der Waals surface area (Å²) in [5, 5.41) is 10.2. The lowest BCUT2D eigenvalue weighted by molar-refractivity contribution is 0.0899. The number of nitrogens with zero attached hydrogens (tertiary/aromatic N) is 4. The van der Waals surface area contributed by atoms with Gasteiger partial charge in [-0.3, -0.25) is 0 Å². The summed E-state index contributed by atoms with van der Waals surface area (Å²) in [7, 11) is 0. The Bertz CT molecular complexity index is 2530. The Balaban J connectivity index is 1.22. The molecule has 4 heteroatoms. The van der Waals surface area contributed by atoms with Gasteiger partial charge in [-0.25, -0.2) is 15.0 Å². The largest absolute Gasteiger partial charge is 0.208 e. The zero-order valence-corrected chi connectivity index (χ0v) is 32.0. The van der Waals surface area contributed by atoms with E-state index in [2.05, 4.69) is 129 Å². The van der Waals surface area contributed by atoms with E-state index >= 15 is 0 Å². The van der Waals surface area contributed by atoms with E-state index in [9.17, 15) is 5.26 Å². The van der Waals surface area contributed by atoms with E-state index in [1.807, 2.05) is 42.5 Å². The first-order valence-corrected chi connectivity index (χ1v) is 20.2. The highest BCUT2D eigenvalue weighted by molar-refractivity contribution is 5.92. The van der Waals surface area contributed by atoms with Crippen LogP contribution in [0.1, 0.15) is 79.3 Å². The van der Waals surface area contributed by atoms with Crippen molar-refractivity contribution in [1.29, 1.82) is 5.26 Å². The van der Waals surface area contributed by atoms with Gasteiger partial charge in [-0.05, 0) is 106 Å². The third kappa shape index (κ3) is 5.60. The third-order valence-electron chi connectivity index (χ3n) is 13.1. The van der Waals surface area contributed by atoms with Gasteiger partial charge in [-0.1, -0.05) is 153 Å². The smallest absolute Gasteiger partial charge is 0.164 e. The standard InChI is InChI=1S/C52H44N4/c1-34-27-36-29-37(28-34)32-51(2,31-36)40-22-24-42(25-23-40)52(41-17-10-5-11-18-41)46-26-21-35(33-53)30-45(46)43-19-12-20-44(47(43)52)50-55-48(38-13-6-3-7-14-38)54-49(56-50)39-15-8-4-9-16-39/h3-26,30,34,36-37H,27-29,31-32H2,1-2H3/t34-,36+,37?,51?,52?/m1/s1. The number of nitriles is 1. The molecule has 0 amide bonds. The lowest BCUT2D eigenvalue weighted by Gasteiger charge is -2.47. The van der Waals surface area contributed by atoms with Crippen LogP contribution in [0.4, 0.5) is 0 Å². The molecule has 1 heterocycles. The minimum atomic E-state index is -0.707. The van der Waals surface area contributed by atoms with E-state index in [0.717, 1.165) is 62.3 Å². The number of fused-ring (bicyclic) bond motifs is 5. The molecular formula is C52H44N4. The molecule has 2 bridgehead atoms. The molecule has 2 fully saturated rings. The first-order valence-electron chi connectivity index (χ1n) is 20.2. The maximum absolute atomic E-state index is 10.2. The highest BCUT2D eigenvalue weighted by Gasteiger charge is 2.49. The highest BCUT2D eigenvalue weighted by Crippen LogP contribution is 2.59. The van der Waals surface area contributed by atoms with Gasteiger partial charge in [-0.2, -0.15) is 5.26 Å². The van der Waals surface area contributed by atoms with Gasteiger partial charge < -0.3 is 0 Å². The van der Waals surface area contributed by atoms with Crippen molar-refractivity contribution >= 4 is 0 Å². The van der Waals surface area contributed by atoms with Crippen molar-refractivity contribution < 1.29 is 0 Å². The van der Waals surface area contributed by atoms with Crippen LogP contribution in [0.15, 0.2) is 152 Å². The Morgan fingerprint density at radius 1 is 0.536 bits per heavy atom. The molecule has 10 rings (SSSR count). The molecule has 6 aromatic carbocycles. The molecule has 1 aromatic heterocycles. The molecule has 0 N–H and O–H groups in total. The summed E-state index contributed by atoms with van der Waals surface area (Å²) in [5.41, 5.74) is 11.1. The van der Waals surface area contributed by atoms with E-state index in [1.165, 1.54) is 43.2 Å². The van der Waals surface area contributed by atoms with Crippen LogP contribution in [0.5, 0.6) is 0 Å². The maximum atomic E-state index is 10.2. The van der Waals surface area contributed by atoms with Crippen LogP contribution < -0.4 is 0 Å². The summed E-state index contributed by atoms with van der Waals surface area (Å²) in [6.45, 7) is 4.97. The second kappa shape index (κ2) is 13.5. The van der Waals surface area contributed by atoms with Gasteiger partial charge in [0, 0.05) is 16.7 Å². The normalized spacial score (nSPS) is 23.5. The summed E-state index contributed by atoms with van der Waals surface area (Å²) in [6, 6.07) is 56.0. The number of hydrogen-bond donors (Lipinski definition) is 0. The lowest BCUT2D eigenvalue weighted by atomic mass is 9.57. The van der Waals surface area contributed by atoms with Crippen LogP contribution in [0.25, 0.3) is 45.3 Å². The fourth-order valence-corrected chi connectivity index (χ4v) is 11.0. The van der Waals surface area contributed by atoms with E-state index in [-0.39, 0.29) is 5.41 Å². The van der Waals surface area contributed by atoms with Gasteiger partial charge in [0.1, 0.15) is 0 Å². The predicted molar refractivity (Wildman–Crippen MR) is 225 cm³/mol. The fourth-order valence-electron chi connectivity index (χ4n) is 11.0. The monoisotopic (exact) mass is 724 g/mol. The molecule has 0 radical (unpaired) electrons. The molecule has 0 spiro atoms. The van der Waals surface area contributed by atoms with Crippen molar-refractivity contribution in [1.82, 2.24) is 15.0 Å². The molecule has 272 valence electrons. The maximum Gasteiger partial charge on any atom is 0.164 e. The molecular weight excluding hydrogens is 681 g/mol. The Morgan fingerprint density at radius 3 is 1.68 bits per heavy atom. The van der Waals surface area contributed by atoms with Crippen LogP contribution in [-0.4, -0.2) is 15.0 Å². The van der Waals surface area contributed by atoms with Gasteiger partial charge in [0.15, 0.2) is 17.5 Å². The van der Waals surface area contributed by atoms with E-state index in [0.29, 0.717) is 23.0 Å². The van der Waals surface area contributed by atoms with Crippen molar-refractivity contribution in [2.45, 2.75) is 56.8 Å². The van der Waals surface area contributed by atoms with Crippen molar-refractivity contribution in [3.05, 3.63) is 185 Å². The third-order valence-corrected chi connectivity index (χ3v) is 13.1. The Labute approximate surface area is 330 Å². The molecule has 5 atom stereocenters. The Kier molecular flexibility index (Phi) is 8.29. The van der Waals surface area contributed by atoms with Crippen LogP contribution in [0.2, 0.25) is 0 Å². The van der Waals surface area contributed by atoms with Gasteiger partial charge in [0.25, 0.3) is 0 Å². The number of hydrogen-bond acceptors (Lipinski definition) is 4. The molecule has 56 heavy (non-hydrogen) atoms. The SMILES string of the molecule is C[C@H]1CC2C[C@H](C1)CC(C)(c1ccc(C3(c4ccccc4)c4ccc(C#N)cc4-c4cccc(-c5nc(-c6ccccc6)nc(-c6ccccc6)n5)c43)cc1)C2. The number of rotatable bonds is 6. The average molecular weight is 725 g/mol. The van der Waals surface area contributed by atoms with Crippen LogP contribution >= 0.6 is 0 Å². The lowest BCUT2D eigenvalue weighted by Crippen LogP contribution is -2.38. The second-order valence-electron chi connectivity index (χ2n) is 16.8. The summed E-state index contributed by atoms with van der Waals surface area (Å²) in [5.74, 6) is 4.34. The topological polar surface area (TPSA) is 62.5 Å². The molecule has 3 aliphatic rings.